The number of carbonyl (C=O) groups is 2. The molecule has 0 unspecified atom stereocenters. The van der Waals surface area contributed by atoms with Gasteiger partial charge in [-0.1, -0.05) is 12.2 Å². The van der Waals surface area contributed by atoms with E-state index in [1.165, 1.54) is 0 Å². The Labute approximate surface area is 114 Å². The van der Waals surface area contributed by atoms with E-state index in [-0.39, 0.29) is 11.6 Å². The van der Waals surface area contributed by atoms with Crippen molar-refractivity contribution in [1.82, 2.24) is 0 Å². The van der Waals surface area contributed by atoms with Gasteiger partial charge in [0.2, 0.25) is 0 Å². The summed E-state index contributed by atoms with van der Waals surface area (Å²) < 4.78 is 11.1. The lowest BCUT2D eigenvalue weighted by Gasteiger charge is -2.16. The zero-order chi connectivity index (χ0) is 14.5. The Hall–Kier alpha value is -1.26. The molecule has 0 spiro atoms. The van der Waals surface area contributed by atoms with Crippen LogP contribution in [0.1, 0.15) is 39.5 Å². The van der Waals surface area contributed by atoms with Crippen LogP contribution in [-0.4, -0.2) is 29.6 Å². The van der Waals surface area contributed by atoms with Gasteiger partial charge in [0.1, 0.15) is 0 Å². The second-order valence-corrected chi connectivity index (χ2v) is 5.06. The normalized spacial score (nSPS) is 24.9. The number of ether oxygens (including phenoxy) is 2. The SMILES string of the molecule is C=CCCC(=O)[C@@H]1OC(C)(C)O[C@H]1C(=O)CCC=C. The number of Topliss-reactive ketones (excluding diaryl/α,β-unsaturated/α-hetero) is 2. The molecule has 0 aromatic carbocycles. The van der Waals surface area contributed by atoms with Gasteiger partial charge in [-0.05, 0) is 26.7 Å². The number of rotatable bonds is 8. The van der Waals surface area contributed by atoms with Crippen LogP contribution in [0.15, 0.2) is 25.3 Å². The first kappa shape index (κ1) is 15.8. The van der Waals surface area contributed by atoms with E-state index in [1.54, 1.807) is 26.0 Å². The van der Waals surface area contributed by atoms with E-state index in [0.29, 0.717) is 25.7 Å². The molecule has 0 aromatic heterocycles. The first-order valence-electron chi connectivity index (χ1n) is 6.54. The highest BCUT2D eigenvalue weighted by molar-refractivity contribution is 5.93. The minimum atomic E-state index is -0.900. The van der Waals surface area contributed by atoms with Crippen LogP contribution in [-0.2, 0) is 19.1 Å². The third kappa shape index (κ3) is 4.40. The lowest BCUT2D eigenvalue weighted by molar-refractivity contribution is -0.158. The molecule has 0 aromatic rings. The standard InChI is InChI=1S/C15H22O4/c1-5-7-9-11(16)13-14(12(17)10-8-6-2)19-15(3,4)18-13/h5-6,13-14H,1-2,7-10H2,3-4H3/t13-,14-/m0/s1. The average molecular weight is 266 g/mol. The van der Waals surface area contributed by atoms with Crippen LogP contribution >= 0.6 is 0 Å². The van der Waals surface area contributed by atoms with Crippen LogP contribution in [0, 0.1) is 0 Å². The second kappa shape index (κ2) is 6.78. The maximum atomic E-state index is 12.1. The number of hydrogen-bond donors (Lipinski definition) is 0. The van der Waals surface area contributed by atoms with E-state index >= 15 is 0 Å². The van der Waals surface area contributed by atoms with Gasteiger partial charge in [-0.2, -0.15) is 0 Å². The average Bonchev–Trinajstić information content (AvgIpc) is 2.69. The van der Waals surface area contributed by atoms with E-state index < -0.39 is 18.0 Å². The van der Waals surface area contributed by atoms with Crippen molar-refractivity contribution in [1.29, 1.82) is 0 Å². The zero-order valence-electron chi connectivity index (χ0n) is 11.7. The predicted octanol–water partition coefficient (Wildman–Crippen LogP) is 2.58. The molecule has 1 heterocycles. The van der Waals surface area contributed by atoms with Gasteiger partial charge in [0.05, 0.1) is 0 Å². The summed E-state index contributed by atoms with van der Waals surface area (Å²) in [5, 5.41) is 0. The molecular weight excluding hydrogens is 244 g/mol. The maximum absolute atomic E-state index is 12.1. The summed E-state index contributed by atoms with van der Waals surface area (Å²) in [6.07, 6.45) is 3.54. The smallest absolute Gasteiger partial charge is 0.165 e. The Morgan fingerprint density at radius 3 is 1.68 bits per heavy atom. The largest absolute Gasteiger partial charge is 0.336 e. The summed E-state index contributed by atoms with van der Waals surface area (Å²) in [7, 11) is 0. The predicted molar refractivity (Wildman–Crippen MR) is 72.7 cm³/mol. The van der Waals surface area contributed by atoms with Crippen molar-refractivity contribution in [3.05, 3.63) is 25.3 Å². The van der Waals surface area contributed by atoms with Gasteiger partial charge in [0.25, 0.3) is 0 Å². The quantitative estimate of drug-likeness (QED) is 0.634. The van der Waals surface area contributed by atoms with Gasteiger partial charge in [-0.15, -0.1) is 13.2 Å². The Balaban J connectivity index is 2.74. The molecule has 106 valence electrons. The number of hydrogen-bond acceptors (Lipinski definition) is 4. The Morgan fingerprint density at radius 2 is 1.37 bits per heavy atom. The van der Waals surface area contributed by atoms with Crippen molar-refractivity contribution in [2.75, 3.05) is 0 Å². The molecule has 19 heavy (non-hydrogen) atoms. The minimum Gasteiger partial charge on any atom is -0.336 e. The summed E-state index contributed by atoms with van der Waals surface area (Å²) >= 11 is 0. The summed E-state index contributed by atoms with van der Waals surface area (Å²) in [5.74, 6) is -1.12. The fourth-order valence-electron chi connectivity index (χ4n) is 2.01. The zero-order valence-corrected chi connectivity index (χ0v) is 11.7. The monoisotopic (exact) mass is 266 g/mol. The minimum absolute atomic E-state index is 0.109. The Bertz CT molecular complexity index is 336. The van der Waals surface area contributed by atoms with Crippen LogP contribution in [0.2, 0.25) is 0 Å². The van der Waals surface area contributed by atoms with Crippen molar-refractivity contribution in [3.63, 3.8) is 0 Å². The van der Waals surface area contributed by atoms with Crippen molar-refractivity contribution in [2.45, 2.75) is 57.5 Å². The Morgan fingerprint density at radius 1 is 1.00 bits per heavy atom. The molecule has 2 atom stereocenters. The highest BCUT2D eigenvalue weighted by atomic mass is 16.8. The molecule has 0 bridgehead atoms. The fraction of sp³-hybridized carbons (Fsp3) is 0.600. The first-order chi connectivity index (χ1) is 8.91. The number of carbonyl (C=O) groups excluding carboxylic acids is 2. The molecule has 1 aliphatic heterocycles. The van der Waals surface area contributed by atoms with Gasteiger partial charge in [0.15, 0.2) is 29.6 Å². The van der Waals surface area contributed by atoms with Gasteiger partial charge in [0, 0.05) is 12.8 Å². The molecule has 1 fully saturated rings. The molecule has 0 aliphatic carbocycles. The fourth-order valence-corrected chi connectivity index (χ4v) is 2.01. The lowest BCUT2D eigenvalue weighted by Crippen LogP contribution is -2.37. The molecule has 4 nitrogen and oxygen atoms in total. The van der Waals surface area contributed by atoms with Crippen LogP contribution in [0.3, 0.4) is 0 Å². The maximum Gasteiger partial charge on any atom is 0.165 e. The molecular formula is C15H22O4. The summed E-state index contributed by atoms with van der Waals surface area (Å²) in [6, 6.07) is 0. The first-order valence-corrected chi connectivity index (χ1v) is 6.54. The van der Waals surface area contributed by atoms with Crippen molar-refractivity contribution in [2.24, 2.45) is 0 Å². The molecule has 0 saturated carbocycles. The summed E-state index contributed by atoms with van der Waals surface area (Å²) in [5.41, 5.74) is 0. The summed E-state index contributed by atoms with van der Waals surface area (Å²) in [4.78, 5) is 24.1. The number of allylic oxidation sites excluding steroid dienone is 2. The lowest BCUT2D eigenvalue weighted by atomic mass is 10.00. The third-order valence-electron chi connectivity index (χ3n) is 2.92. The molecule has 0 radical (unpaired) electrons. The van der Waals surface area contributed by atoms with Crippen LogP contribution in [0.25, 0.3) is 0 Å². The van der Waals surface area contributed by atoms with Crippen molar-refractivity contribution >= 4 is 11.6 Å². The highest BCUT2D eigenvalue weighted by Gasteiger charge is 2.47. The van der Waals surface area contributed by atoms with E-state index in [2.05, 4.69) is 13.2 Å². The molecule has 0 N–H and O–H groups in total. The van der Waals surface area contributed by atoms with Gasteiger partial charge in [-0.3, -0.25) is 9.59 Å². The van der Waals surface area contributed by atoms with Crippen molar-refractivity contribution < 1.29 is 19.1 Å². The number of ketones is 2. The van der Waals surface area contributed by atoms with Crippen LogP contribution in [0.5, 0.6) is 0 Å². The summed E-state index contributed by atoms with van der Waals surface area (Å²) in [6.45, 7) is 10.6. The molecule has 4 heteroatoms. The van der Waals surface area contributed by atoms with Gasteiger partial charge in [-0.25, -0.2) is 0 Å². The molecule has 0 amide bonds. The van der Waals surface area contributed by atoms with Crippen LogP contribution in [0.4, 0.5) is 0 Å². The molecule has 1 saturated heterocycles. The van der Waals surface area contributed by atoms with Crippen LogP contribution < -0.4 is 0 Å². The molecule has 1 aliphatic rings. The van der Waals surface area contributed by atoms with E-state index in [4.69, 9.17) is 9.47 Å². The Kier molecular flexibility index (Phi) is 5.63. The second-order valence-electron chi connectivity index (χ2n) is 5.06. The van der Waals surface area contributed by atoms with Gasteiger partial charge >= 0.3 is 0 Å². The van der Waals surface area contributed by atoms with Crippen molar-refractivity contribution in [3.8, 4) is 0 Å². The molecule has 1 rings (SSSR count). The highest BCUT2D eigenvalue weighted by Crippen LogP contribution is 2.30. The van der Waals surface area contributed by atoms with Gasteiger partial charge < -0.3 is 9.47 Å². The van der Waals surface area contributed by atoms with E-state index in [9.17, 15) is 9.59 Å². The third-order valence-corrected chi connectivity index (χ3v) is 2.92. The van der Waals surface area contributed by atoms with E-state index in [1.807, 2.05) is 0 Å². The topological polar surface area (TPSA) is 52.6 Å². The van der Waals surface area contributed by atoms with E-state index in [0.717, 1.165) is 0 Å².